The number of hydrogen-bond donors (Lipinski definition) is 2. The smallest absolute Gasteiger partial charge is 0.225 e. The summed E-state index contributed by atoms with van der Waals surface area (Å²) in [5.41, 5.74) is 5.87. The maximum Gasteiger partial charge on any atom is 0.225 e. The Morgan fingerprint density at radius 3 is 3.11 bits per heavy atom. The standard InChI is InChI=1S/C12H19N5O/c1-17(8-9-4-2-3-7-18-9)12-15-6-5-10(16-12)11(13)14/h5-6,9H,2-4,7-8H2,1H3,(H3,13,14). The molecule has 1 aliphatic heterocycles. The summed E-state index contributed by atoms with van der Waals surface area (Å²) >= 11 is 0. The Labute approximate surface area is 107 Å². The minimum Gasteiger partial charge on any atom is -0.382 e. The predicted molar refractivity (Wildman–Crippen MR) is 69.9 cm³/mol. The summed E-state index contributed by atoms with van der Waals surface area (Å²) in [5.74, 6) is 0.540. The molecular formula is C12H19N5O. The molecule has 1 atom stereocenters. The zero-order valence-electron chi connectivity index (χ0n) is 10.6. The highest BCUT2D eigenvalue weighted by Gasteiger charge is 2.17. The van der Waals surface area contributed by atoms with Gasteiger partial charge in [0, 0.05) is 26.4 Å². The first-order valence-electron chi connectivity index (χ1n) is 6.17. The van der Waals surface area contributed by atoms with Gasteiger partial charge in [-0.15, -0.1) is 0 Å². The van der Waals surface area contributed by atoms with E-state index in [0.717, 1.165) is 26.0 Å². The van der Waals surface area contributed by atoms with Crippen molar-refractivity contribution in [2.24, 2.45) is 5.73 Å². The molecule has 1 unspecified atom stereocenters. The average molecular weight is 249 g/mol. The number of nitrogens with two attached hydrogens (primary N) is 1. The lowest BCUT2D eigenvalue weighted by molar-refractivity contribution is 0.0214. The van der Waals surface area contributed by atoms with Gasteiger partial charge in [0.15, 0.2) is 0 Å². The quantitative estimate of drug-likeness (QED) is 0.607. The van der Waals surface area contributed by atoms with Crippen LogP contribution in [0.25, 0.3) is 0 Å². The maximum absolute atomic E-state index is 7.37. The van der Waals surface area contributed by atoms with E-state index < -0.39 is 0 Å². The summed E-state index contributed by atoms with van der Waals surface area (Å²) in [6.07, 6.45) is 5.31. The Bertz CT molecular complexity index is 417. The molecule has 6 nitrogen and oxygen atoms in total. The van der Waals surface area contributed by atoms with Crippen molar-refractivity contribution in [3.63, 3.8) is 0 Å². The third kappa shape index (κ3) is 3.16. The SMILES string of the molecule is CN(CC1CCCCO1)c1nccc(C(=N)N)n1. The van der Waals surface area contributed by atoms with Gasteiger partial charge in [0.05, 0.1) is 6.10 Å². The van der Waals surface area contributed by atoms with Gasteiger partial charge >= 0.3 is 0 Å². The average Bonchev–Trinajstić information content (AvgIpc) is 2.40. The Morgan fingerprint density at radius 1 is 1.61 bits per heavy atom. The van der Waals surface area contributed by atoms with E-state index in [1.54, 1.807) is 12.3 Å². The van der Waals surface area contributed by atoms with Gasteiger partial charge < -0.3 is 15.4 Å². The molecule has 1 aromatic rings. The lowest BCUT2D eigenvalue weighted by Gasteiger charge is -2.27. The molecule has 98 valence electrons. The monoisotopic (exact) mass is 249 g/mol. The zero-order chi connectivity index (χ0) is 13.0. The molecule has 6 heteroatoms. The number of hydrogen-bond acceptors (Lipinski definition) is 5. The molecule has 0 saturated carbocycles. The van der Waals surface area contributed by atoms with Crippen LogP contribution in [0, 0.1) is 5.41 Å². The van der Waals surface area contributed by atoms with E-state index in [1.165, 1.54) is 6.42 Å². The van der Waals surface area contributed by atoms with Crippen molar-refractivity contribution in [2.45, 2.75) is 25.4 Å². The van der Waals surface area contributed by atoms with Gasteiger partial charge in [-0.1, -0.05) is 0 Å². The number of anilines is 1. The highest BCUT2D eigenvalue weighted by molar-refractivity contribution is 5.93. The molecule has 1 fully saturated rings. The number of likely N-dealkylation sites (N-methyl/N-ethyl adjacent to an activating group) is 1. The number of nitrogens with zero attached hydrogens (tertiary/aromatic N) is 3. The van der Waals surface area contributed by atoms with Crippen molar-refractivity contribution in [1.29, 1.82) is 5.41 Å². The highest BCUT2D eigenvalue weighted by Crippen LogP contribution is 2.15. The Morgan fingerprint density at radius 2 is 2.44 bits per heavy atom. The van der Waals surface area contributed by atoms with E-state index in [-0.39, 0.29) is 11.9 Å². The van der Waals surface area contributed by atoms with E-state index in [2.05, 4.69) is 9.97 Å². The van der Waals surface area contributed by atoms with Crippen LogP contribution in [-0.2, 0) is 4.74 Å². The molecule has 1 aromatic heterocycles. The van der Waals surface area contributed by atoms with Crippen LogP contribution in [0.5, 0.6) is 0 Å². The lowest BCUT2D eigenvalue weighted by atomic mass is 10.1. The fraction of sp³-hybridized carbons (Fsp3) is 0.583. The van der Waals surface area contributed by atoms with E-state index >= 15 is 0 Å². The van der Waals surface area contributed by atoms with Crippen LogP contribution in [0.15, 0.2) is 12.3 Å². The van der Waals surface area contributed by atoms with Gasteiger partial charge in [0.2, 0.25) is 5.95 Å². The number of ether oxygens (including phenoxy) is 1. The van der Waals surface area contributed by atoms with Crippen LogP contribution in [-0.4, -0.2) is 42.1 Å². The second-order valence-electron chi connectivity index (χ2n) is 4.52. The Balaban J connectivity index is 2.01. The molecule has 0 radical (unpaired) electrons. The van der Waals surface area contributed by atoms with Gasteiger partial charge in [-0.3, -0.25) is 5.41 Å². The minimum absolute atomic E-state index is 0.0408. The van der Waals surface area contributed by atoms with Crippen LogP contribution in [0.4, 0.5) is 5.95 Å². The normalized spacial score (nSPS) is 19.5. The van der Waals surface area contributed by atoms with Crippen molar-refractivity contribution in [3.05, 3.63) is 18.0 Å². The Kier molecular flexibility index (Phi) is 4.09. The molecule has 0 amide bonds. The Hall–Kier alpha value is -1.69. The van der Waals surface area contributed by atoms with Gasteiger partial charge in [-0.05, 0) is 25.3 Å². The van der Waals surface area contributed by atoms with E-state index in [1.807, 2.05) is 11.9 Å². The topological polar surface area (TPSA) is 88.1 Å². The molecule has 2 rings (SSSR count). The molecule has 2 heterocycles. The molecule has 18 heavy (non-hydrogen) atoms. The second-order valence-corrected chi connectivity index (χ2v) is 4.52. The lowest BCUT2D eigenvalue weighted by Crippen LogP contribution is -2.34. The number of nitrogens with one attached hydrogen (secondary N) is 1. The first-order chi connectivity index (χ1) is 8.66. The van der Waals surface area contributed by atoms with Crippen LogP contribution in [0.3, 0.4) is 0 Å². The zero-order valence-corrected chi connectivity index (χ0v) is 10.6. The molecular weight excluding hydrogens is 230 g/mol. The minimum atomic E-state index is -0.0408. The van der Waals surface area contributed by atoms with Crippen LogP contribution >= 0.6 is 0 Å². The molecule has 0 aromatic carbocycles. The van der Waals surface area contributed by atoms with Crippen LogP contribution in [0.2, 0.25) is 0 Å². The summed E-state index contributed by atoms with van der Waals surface area (Å²) in [5, 5.41) is 7.37. The van der Waals surface area contributed by atoms with Gasteiger partial charge in [0.1, 0.15) is 11.5 Å². The second kappa shape index (κ2) is 5.77. The summed E-state index contributed by atoms with van der Waals surface area (Å²) in [6, 6.07) is 1.64. The highest BCUT2D eigenvalue weighted by atomic mass is 16.5. The fourth-order valence-corrected chi connectivity index (χ4v) is 2.02. The third-order valence-electron chi connectivity index (χ3n) is 3.01. The first kappa shape index (κ1) is 12.8. The molecule has 0 aliphatic carbocycles. The summed E-state index contributed by atoms with van der Waals surface area (Å²) in [7, 11) is 1.93. The number of rotatable bonds is 4. The summed E-state index contributed by atoms with van der Waals surface area (Å²) in [4.78, 5) is 10.4. The van der Waals surface area contributed by atoms with E-state index in [4.69, 9.17) is 15.9 Å². The van der Waals surface area contributed by atoms with Crippen LogP contribution in [0.1, 0.15) is 25.0 Å². The maximum atomic E-state index is 7.37. The van der Waals surface area contributed by atoms with Crippen LogP contribution < -0.4 is 10.6 Å². The molecule has 0 bridgehead atoms. The van der Waals surface area contributed by atoms with Gasteiger partial charge in [0.25, 0.3) is 0 Å². The van der Waals surface area contributed by atoms with Gasteiger partial charge in [-0.25, -0.2) is 9.97 Å². The number of nitrogen functional groups attached to an aromatic ring is 1. The van der Waals surface area contributed by atoms with Crippen molar-refractivity contribution >= 4 is 11.8 Å². The predicted octanol–water partition coefficient (Wildman–Crippen LogP) is 0.766. The molecule has 0 spiro atoms. The van der Waals surface area contributed by atoms with Crippen molar-refractivity contribution in [1.82, 2.24) is 9.97 Å². The van der Waals surface area contributed by atoms with Crippen molar-refractivity contribution in [2.75, 3.05) is 25.1 Å². The molecule has 1 aliphatic rings. The molecule has 1 saturated heterocycles. The third-order valence-corrected chi connectivity index (χ3v) is 3.01. The van der Waals surface area contributed by atoms with Gasteiger partial charge in [-0.2, -0.15) is 0 Å². The van der Waals surface area contributed by atoms with E-state index in [0.29, 0.717) is 11.6 Å². The summed E-state index contributed by atoms with van der Waals surface area (Å²) in [6.45, 7) is 1.61. The first-order valence-corrected chi connectivity index (χ1v) is 6.17. The summed E-state index contributed by atoms with van der Waals surface area (Å²) < 4.78 is 5.68. The number of aromatic nitrogens is 2. The fourth-order valence-electron chi connectivity index (χ4n) is 2.02. The molecule has 3 N–H and O–H groups in total. The largest absolute Gasteiger partial charge is 0.382 e. The van der Waals surface area contributed by atoms with E-state index in [9.17, 15) is 0 Å². The number of amidine groups is 1. The van der Waals surface area contributed by atoms with Crippen molar-refractivity contribution < 1.29 is 4.74 Å². The van der Waals surface area contributed by atoms with Crippen molar-refractivity contribution in [3.8, 4) is 0 Å².